The van der Waals surface area contributed by atoms with Crippen molar-refractivity contribution in [2.75, 3.05) is 5.73 Å². The normalized spacial score (nSPS) is 12.5. The van der Waals surface area contributed by atoms with E-state index in [0.29, 0.717) is 0 Å². The fraction of sp³-hybridized carbons (Fsp3) is 0.0625. The molecule has 1 atom stereocenters. The van der Waals surface area contributed by atoms with Gasteiger partial charge in [0.05, 0.1) is 16.5 Å². The van der Waals surface area contributed by atoms with Gasteiger partial charge in [0.15, 0.2) is 0 Å². The van der Waals surface area contributed by atoms with Gasteiger partial charge in [-0.1, -0.05) is 36.4 Å². The predicted molar refractivity (Wildman–Crippen MR) is 83.4 cm³/mol. The third kappa shape index (κ3) is 2.42. The average Bonchev–Trinajstić information content (AvgIpc) is 2.47. The number of benzene rings is 2. The molecule has 2 nitrogen and oxygen atoms in total. The van der Waals surface area contributed by atoms with Crippen LogP contribution in [-0.2, 0) is 0 Å². The minimum Gasteiger partial charge on any atom is -0.399 e. The lowest BCUT2D eigenvalue weighted by Crippen LogP contribution is -1.97. The summed E-state index contributed by atoms with van der Waals surface area (Å²) in [4.78, 5) is 4.67. The maximum atomic E-state index is 5.70. The molecule has 0 aliphatic rings. The first-order chi connectivity index (χ1) is 9.24. The van der Waals surface area contributed by atoms with E-state index in [9.17, 15) is 0 Å². The lowest BCUT2D eigenvalue weighted by Gasteiger charge is -2.11. The second kappa shape index (κ2) is 4.94. The third-order valence-corrected chi connectivity index (χ3v) is 3.72. The summed E-state index contributed by atoms with van der Waals surface area (Å²) < 4.78 is 0. The lowest BCUT2D eigenvalue weighted by atomic mass is 10.1. The van der Waals surface area contributed by atoms with E-state index in [1.165, 1.54) is 0 Å². The Kier molecular flexibility index (Phi) is 3.13. The first-order valence-electron chi connectivity index (χ1n) is 6.13. The molecule has 3 aromatic rings. The molecule has 1 aromatic heterocycles. The number of thiol groups is 1. The molecule has 0 fully saturated rings. The van der Waals surface area contributed by atoms with E-state index in [1.807, 2.05) is 48.5 Å². The van der Waals surface area contributed by atoms with Crippen molar-refractivity contribution < 1.29 is 0 Å². The molecular weight excluding hydrogens is 252 g/mol. The Bertz CT molecular complexity index is 707. The summed E-state index contributed by atoms with van der Waals surface area (Å²) in [6.07, 6.45) is 0. The predicted octanol–water partition coefficient (Wildman–Crippen LogP) is 3.84. The van der Waals surface area contributed by atoms with Gasteiger partial charge in [-0.05, 0) is 29.8 Å². The van der Waals surface area contributed by atoms with Gasteiger partial charge in [-0.2, -0.15) is 12.6 Å². The zero-order chi connectivity index (χ0) is 13.2. The van der Waals surface area contributed by atoms with E-state index in [4.69, 9.17) is 5.73 Å². The largest absolute Gasteiger partial charge is 0.399 e. The Morgan fingerprint density at radius 2 is 1.63 bits per heavy atom. The molecular formula is C16H14N2S. The average molecular weight is 266 g/mol. The van der Waals surface area contributed by atoms with Crippen LogP contribution in [0.4, 0.5) is 5.69 Å². The zero-order valence-electron chi connectivity index (χ0n) is 10.3. The minimum atomic E-state index is -0.0368. The van der Waals surface area contributed by atoms with Crippen LogP contribution in [0.25, 0.3) is 10.9 Å². The topological polar surface area (TPSA) is 38.9 Å². The number of hydrogen-bond donors (Lipinski definition) is 2. The monoisotopic (exact) mass is 266 g/mol. The van der Waals surface area contributed by atoms with Crippen LogP contribution in [0, 0.1) is 0 Å². The van der Waals surface area contributed by atoms with E-state index in [-0.39, 0.29) is 5.25 Å². The number of nitrogen functional groups attached to an aromatic ring is 1. The van der Waals surface area contributed by atoms with Crippen LogP contribution in [0.1, 0.15) is 16.5 Å². The highest BCUT2D eigenvalue weighted by atomic mass is 32.1. The van der Waals surface area contributed by atoms with Crippen molar-refractivity contribution in [2.45, 2.75) is 5.25 Å². The molecule has 0 radical (unpaired) electrons. The summed E-state index contributed by atoms with van der Waals surface area (Å²) >= 11 is 4.67. The number of aromatic nitrogens is 1. The molecule has 0 aliphatic heterocycles. The van der Waals surface area contributed by atoms with E-state index < -0.39 is 0 Å². The zero-order valence-corrected chi connectivity index (χ0v) is 11.2. The van der Waals surface area contributed by atoms with Crippen LogP contribution in [0.3, 0.4) is 0 Å². The summed E-state index contributed by atoms with van der Waals surface area (Å²) in [6.45, 7) is 0. The molecule has 0 aliphatic carbocycles. The number of para-hydroxylation sites is 1. The van der Waals surface area contributed by atoms with Gasteiger partial charge in [0.1, 0.15) is 0 Å². The number of nitrogens with zero attached hydrogens (tertiary/aromatic N) is 1. The molecule has 0 saturated carbocycles. The number of pyridine rings is 1. The molecule has 0 amide bonds. The molecule has 1 heterocycles. The molecule has 3 heteroatoms. The van der Waals surface area contributed by atoms with Gasteiger partial charge in [0.25, 0.3) is 0 Å². The highest BCUT2D eigenvalue weighted by molar-refractivity contribution is 7.80. The highest BCUT2D eigenvalue weighted by Crippen LogP contribution is 2.28. The molecule has 94 valence electrons. The third-order valence-electron chi connectivity index (χ3n) is 3.15. The van der Waals surface area contributed by atoms with Crippen LogP contribution >= 0.6 is 12.6 Å². The fourth-order valence-electron chi connectivity index (χ4n) is 2.08. The quantitative estimate of drug-likeness (QED) is 0.546. The van der Waals surface area contributed by atoms with Crippen molar-refractivity contribution in [3.05, 3.63) is 71.9 Å². The van der Waals surface area contributed by atoms with E-state index >= 15 is 0 Å². The molecule has 0 saturated heterocycles. The summed E-state index contributed by atoms with van der Waals surface area (Å²) in [5.74, 6) is 0. The number of rotatable bonds is 2. The Morgan fingerprint density at radius 3 is 2.42 bits per heavy atom. The number of hydrogen-bond acceptors (Lipinski definition) is 3. The van der Waals surface area contributed by atoms with E-state index in [2.05, 4.69) is 29.7 Å². The molecule has 0 spiro atoms. The van der Waals surface area contributed by atoms with Crippen LogP contribution in [0.15, 0.2) is 60.7 Å². The lowest BCUT2D eigenvalue weighted by molar-refractivity contribution is 1.08. The van der Waals surface area contributed by atoms with Gasteiger partial charge in [-0.25, -0.2) is 0 Å². The molecule has 2 N–H and O–H groups in total. The van der Waals surface area contributed by atoms with Crippen LogP contribution in [0.2, 0.25) is 0 Å². The smallest absolute Gasteiger partial charge is 0.0705 e. The summed E-state index contributed by atoms with van der Waals surface area (Å²) in [6, 6.07) is 19.9. The molecule has 2 aromatic carbocycles. The Morgan fingerprint density at radius 1 is 0.895 bits per heavy atom. The number of fused-ring (bicyclic) bond motifs is 1. The van der Waals surface area contributed by atoms with Crippen molar-refractivity contribution >= 4 is 29.2 Å². The van der Waals surface area contributed by atoms with Gasteiger partial charge in [0, 0.05) is 11.1 Å². The van der Waals surface area contributed by atoms with Gasteiger partial charge in [-0.15, -0.1) is 0 Å². The summed E-state index contributed by atoms with van der Waals surface area (Å²) in [5.41, 5.74) is 9.50. The minimum absolute atomic E-state index is 0.0368. The van der Waals surface area contributed by atoms with Crippen molar-refractivity contribution in [3.8, 4) is 0 Å². The summed E-state index contributed by atoms with van der Waals surface area (Å²) in [7, 11) is 0. The van der Waals surface area contributed by atoms with Crippen LogP contribution < -0.4 is 5.73 Å². The fourth-order valence-corrected chi connectivity index (χ4v) is 2.40. The van der Waals surface area contributed by atoms with Crippen molar-refractivity contribution in [3.63, 3.8) is 0 Å². The standard InChI is InChI=1S/C16H14N2S/c17-13-8-5-12(6-9-13)16(19)15-10-7-11-3-1-2-4-14(11)18-15/h1-10,16,19H,17H2. The van der Waals surface area contributed by atoms with Crippen molar-refractivity contribution in [1.82, 2.24) is 4.98 Å². The maximum absolute atomic E-state index is 5.70. The number of anilines is 1. The van der Waals surface area contributed by atoms with Crippen LogP contribution in [-0.4, -0.2) is 4.98 Å². The van der Waals surface area contributed by atoms with E-state index in [0.717, 1.165) is 27.8 Å². The van der Waals surface area contributed by atoms with E-state index in [1.54, 1.807) is 0 Å². The first kappa shape index (κ1) is 12.1. The van der Waals surface area contributed by atoms with Crippen molar-refractivity contribution in [1.29, 1.82) is 0 Å². The Balaban J connectivity index is 2.01. The van der Waals surface area contributed by atoms with Crippen molar-refractivity contribution in [2.24, 2.45) is 0 Å². The first-order valence-corrected chi connectivity index (χ1v) is 6.65. The molecule has 3 rings (SSSR count). The van der Waals surface area contributed by atoms with Gasteiger partial charge < -0.3 is 5.73 Å². The number of nitrogens with two attached hydrogens (primary N) is 1. The van der Waals surface area contributed by atoms with Gasteiger partial charge in [-0.3, -0.25) is 4.98 Å². The molecule has 1 unspecified atom stereocenters. The maximum Gasteiger partial charge on any atom is 0.0705 e. The van der Waals surface area contributed by atoms with Crippen LogP contribution in [0.5, 0.6) is 0 Å². The van der Waals surface area contributed by atoms with Gasteiger partial charge >= 0.3 is 0 Å². The Labute approximate surface area is 117 Å². The second-order valence-corrected chi connectivity index (χ2v) is 5.01. The van der Waals surface area contributed by atoms with Gasteiger partial charge in [0.2, 0.25) is 0 Å². The second-order valence-electron chi connectivity index (χ2n) is 4.50. The molecule has 0 bridgehead atoms. The summed E-state index contributed by atoms with van der Waals surface area (Å²) in [5, 5.41) is 1.11. The Hall–Kier alpha value is -2.00. The highest BCUT2D eigenvalue weighted by Gasteiger charge is 2.11. The molecule has 19 heavy (non-hydrogen) atoms. The SMILES string of the molecule is Nc1ccc(C(S)c2ccc3ccccc3n2)cc1.